The Morgan fingerprint density at radius 1 is 1.19 bits per heavy atom. The summed E-state index contributed by atoms with van der Waals surface area (Å²) in [5.74, 6) is 0.998. The van der Waals surface area contributed by atoms with Gasteiger partial charge in [-0.25, -0.2) is 0 Å². The van der Waals surface area contributed by atoms with E-state index in [2.05, 4.69) is 47.9 Å². The molecule has 21 heavy (non-hydrogen) atoms. The molecular formula is C18H29N3. The monoisotopic (exact) mass is 287 g/mol. The van der Waals surface area contributed by atoms with E-state index in [0.717, 1.165) is 19.0 Å². The van der Waals surface area contributed by atoms with Crippen LogP contribution in [-0.2, 0) is 0 Å². The summed E-state index contributed by atoms with van der Waals surface area (Å²) < 4.78 is 0. The van der Waals surface area contributed by atoms with Gasteiger partial charge in [0.05, 0.1) is 0 Å². The van der Waals surface area contributed by atoms with Crippen molar-refractivity contribution in [2.24, 2.45) is 11.7 Å². The summed E-state index contributed by atoms with van der Waals surface area (Å²) in [5.41, 5.74) is 9.02. The summed E-state index contributed by atoms with van der Waals surface area (Å²) in [5, 5.41) is 0. The van der Waals surface area contributed by atoms with Crippen molar-refractivity contribution in [2.45, 2.75) is 38.8 Å². The second-order valence-corrected chi connectivity index (χ2v) is 7.00. The Morgan fingerprint density at radius 2 is 1.90 bits per heavy atom. The molecule has 1 heterocycles. The van der Waals surface area contributed by atoms with Gasteiger partial charge in [-0.15, -0.1) is 0 Å². The van der Waals surface area contributed by atoms with Crippen LogP contribution in [0.2, 0.25) is 0 Å². The molecule has 1 saturated heterocycles. The van der Waals surface area contributed by atoms with Crippen LogP contribution in [0.25, 0.3) is 0 Å². The molecule has 0 bridgehead atoms. The molecule has 3 heteroatoms. The molecule has 0 radical (unpaired) electrons. The fourth-order valence-electron chi connectivity index (χ4n) is 3.59. The van der Waals surface area contributed by atoms with E-state index in [1.807, 2.05) is 0 Å². The van der Waals surface area contributed by atoms with Gasteiger partial charge in [0, 0.05) is 44.8 Å². The third-order valence-electron chi connectivity index (χ3n) is 4.90. The lowest BCUT2D eigenvalue weighted by Gasteiger charge is -2.41. The second kappa shape index (κ2) is 6.47. The Hall–Kier alpha value is -0.900. The van der Waals surface area contributed by atoms with Gasteiger partial charge in [0.15, 0.2) is 0 Å². The molecular weight excluding hydrogens is 258 g/mol. The van der Waals surface area contributed by atoms with Crippen molar-refractivity contribution in [2.75, 3.05) is 32.7 Å². The van der Waals surface area contributed by atoms with E-state index in [4.69, 9.17) is 5.73 Å². The van der Waals surface area contributed by atoms with Gasteiger partial charge in [-0.2, -0.15) is 0 Å². The zero-order valence-corrected chi connectivity index (χ0v) is 13.5. The Labute approximate surface area is 129 Å². The average molecular weight is 287 g/mol. The topological polar surface area (TPSA) is 32.5 Å². The zero-order valence-electron chi connectivity index (χ0n) is 13.5. The quantitative estimate of drug-likeness (QED) is 0.902. The summed E-state index contributed by atoms with van der Waals surface area (Å²) in [6.07, 6.45) is 2.90. The molecule has 1 aromatic rings. The SMILES string of the molecule is Cc1cccc(C(C(C)N)N2CCN(CC3CC3)CC2)c1. The van der Waals surface area contributed by atoms with Gasteiger partial charge in [-0.1, -0.05) is 29.8 Å². The lowest BCUT2D eigenvalue weighted by molar-refractivity contribution is 0.0842. The van der Waals surface area contributed by atoms with E-state index in [-0.39, 0.29) is 6.04 Å². The number of nitrogens with two attached hydrogens (primary N) is 1. The minimum atomic E-state index is 0.168. The van der Waals surface area contributed by atoms with Crippen molar-refractivity contribution in [3.8, 4) is 0 Å². The van der Waals surface area contributed by atoms with Crippen LogP contribution >= 0.6 is 0 Å². The fraction of sp³-hybridized carbons (Fsp3) is 0.667. The third-order valence-corrected chi connectivity index (χ3v) is 4.90. The standard InChI is InChI=1S/C18H29N3/c1-14-4-3-5-17(12-14)18(15(2)19)21-10-8-20(9-11-21)13-16-6-7-16/h3-5,12,15-16,18H,6-11,13,19H2,1-2H3. The van der Waals surface area contributed by atoms with Gasteiger partial charge in [0.25, 0.3) is 0 Å². The number of hydrogen-bond acceptors (Lipinski definition) is 3. The highest BCUT2D eigenvalue weighted by Crippen LogP contribution is 2.31. The average Bonchev–Trinajstić information content (AvgIpc) is 3.25. The molecule has 3 nitrogen and oxygen atoms in total. The van der Waals surface area contributed by atoms with Crippen LogP contribution in [0.4, 0.5) is 0 Å². The van der Waals surface area contributed by atoms with Crippen molar-refractivity contribution in [1.82, 2.24) is 9.80 Å². The van der Waals surface area contributed by atoms with E-state index in [1.165, 1.54) is 43.6 Å². The van der Waals surface area contributed by atoms with Crippen LogP contribution in [0.3, 0.4) is 0 Å². The lowest BCUT2D eigenvalue weighted by atomic mass is 9.97. The molecule has 1 saturated carbocycles. The lowest BCUT2D eigenvalue weighted by Crippen LogP contribution is -2.51. The number of benzene rings is 1. The molecule has 2 unspecified atom stereocenters. The predicted octanol–water partition coefficient (Wildman–Crippen LogP) is 2.41. The maximum atomic E-state index is 6.32. The maximum absolute atomic E-state index is 6.32. The van der Waals surface area contributed by atoms with Crippen LogP contribution < -0.4 is 5.73 Å². The van der Waals surface area contributed by atoms with E-state index < -0.39 is 0 Å². The summed E-state index contributed by atoms with van der Waals surface area (Å²) in [7, 11) is 0. The number of nitrogens with zero attached hydrogens (tertiary/aromatic N) is 2. The first-order valence-electron chi connectivity index (χ1n) is 8.42. The highest BCUT2D eigenvalue weighted by atomic mass is 15.3. The number of piperazine rings is 1. The Morgan fingerprint density at radius 3 is 2.48 bits per heavy atom. The number of aryl methyl sites for hydroxylation is 1. The number of rotatable bonds is 5. The molecule has 0 spiro atoms. The van der Waals surface area contributed by atoms with Crippen molar-refractivity contribution in [1.29, 1.82) is 0 Å². The first kappa shape index (κ1) is 15.0. The zero-order chi connectivity index (χ0) is 14.8. The highest BCUT2D eigenvalue weighted by molar-refractivity contribution is 5.26. The summed E-state index contributed by atoms with van der Waals surface area (Å²) in [4.78, 5) is 5.23. The Bertz CT molecular complexity index is 459. The van der Waals surface area contributed by atoms with Crippen LogP contribution in [0, 0.1) is 12.8 Å². The molecule has 2 aliphatic rings. The maximum Gasteiger partial charge on any atom is 0.0497 e. The minimum absolute atomic E-state index is 0.168. The smallest absolute Gasteiger partial charge is 0.0497 e. The molecule has 0 aromatic heterocycles. The van der Waals surface area contributed by atoms with E-state index >= 15 is 0 Å². The largest absolute Gasteiger partial charge is 0.326 e. The predicted molar refractivity (Wildman–Crippen MR) is 88.3 cm³/mol. The summed E-state index contributed by atoms with van der Waals surface area (Å²) in [6, 6.07) is 9.37. The van der Waals surface area contributed by atoms with Gasteiger partial charge in [0.1, 0.15) is 0 Å². The molecule has 1 aromatic carbocycles. The molecule has 2 N–H and O–H groups in total. The molecule has 1 aliphatic heterocycles. The molecule has 116 valence electrons. The summed E-state index contributed by atoms with van der Waals surface area (Å²) in [6.45, 7) is 10.3. The van der Waals surface area contributed by atoms with Gasteiger partial charge in [-0.3, -0.25) is 4.90 Å². The van der Waals surface area contributed by atoms with E-state index in [0.29, 0.717) is 6.04 Å². The highest BCUT2D eigenvalue weighted by Gasteiger charge is 2.30. The van der Waals surface area contributed by atoms with Gasteiger partial charge < -0.3 is 10.6 Å². The van der Waals surface area contributed by atoms with Crippen molar-refractivity contribution >= 4 is 0 Å². The Balaban J connectivity index is 1.64. The van der Waals surface area contributed by atoms with Gasteiger partial charge in [0.2, 0.25) is 0 Å². The molecule has 3 rings (SSSR count). The van der Waals surface area contributed by atoms with Crippen molar-refractivity contribution in [3.63, 3.8) is 0 Å². The molecule has 2 atom stereocenters. The van der Waals surface area contributed by atoms with Crippen LogP contribution in [0.5, 0.6) is 0 Å². The first-order valence-corrected chi connectivity index (χ1v) is 8.42. The Kier molecular flexibility index (Phi) is 4.63. The van der Waals surface area contributed by atoms with Gasteiger partial charge >= 0.3 is 0 Å². The van der Waals surface area contributed by atoms with Crippen molar-refractivity contribution < 1.29 is 0 Å². The van der Waals surface area contributed by atoms with E-state index in [1.54, 1.807) is 0 Å². The molecule has 2 fully saturated rings. The van der Waals surface area contributed by atoms with Crippen molar-refractivity contribution in [3.05, 3.63) is 35.4 Å². The first-order chi connectivity index (χ1) is 10.1. The third kappa shape index (κ3) is 3.85. The normalized spacial score (nSPS) is 24.0. The fourth-order valence-corrected chi connectivity index (χ4v) is 3.59. The second-order valence-electron chi connectivity index (χ2n) is 7.00. The van der Waals surface area contributed by atoms with Crippen LogP contribution in [0.15, 0.2) is 24.3 Å². The molecule has 1 aliphatic carbocycles. The van der Waals surface area contributed by atoms with Crippen LogP contribution in [0.1, 0.15) is 36.9 Å². The number of hydrogen-bond donors (Lipinski definition) is 1. The van der Waals surface area contributed by atoms with Crippen LogP contribution in [-0.4, -0.2) is 48.6 Å². The minimum Gasteiger partial charge on any atom is -0.326 e. The van der Waals surface area contributed by atoms with Gasteiger partial charge in [-0.05, 0) is 38.2 Å². The summed E-state index contributed by atoms with van der Waals surface area (Å²) >= 11 is 0. The molecule has 0 amide bonds. The van der Waals surface area contributed by atoms with E-state index in [9.17, 15) is 0 Å².